The van der Waals surface area contributed by atoms with E-state index in [0.717, 1.165) is 33.2 Å². The zero-order valence-electron chi connectivity index (χ0n) is 46.6. The van der Waals surface area contributed by atoms with Crippen LogP contribution in [0, 0.1) is 11.3 Å². The fraction of sp³-hybridized carbons (Fsp3) is 0.458. The number of unbranched alkanes of at least 4 members (excludes halogenated alkanes) is 1. The van der Waals surface area contributed by atoms with Crippen LogP contribution >= 0.6 is 0 Å². The number of ketones is 2. The van der Waals surface area contributed by atoms with Crippen molar-refractivity contribution in [1.29, 1.82) is 0 Å². The van der Waals surface area contributed by atoms with Gasteiger partial charge < -0.3 is 62.9 Å². The lowest BCUT2D eigenvalue weighted by Gasteiger charge is -2.30. The van der Waals surface area contributed by atoms with Crippen molar-refractivity contribution >= 4 is 70.0 Å². The van der Waals surface area contributed by atoms with E-state index in [4.69, 9.17) is 10.5 Å². The number of amides is 7. The van der Waals surface area contributed by atoms with Crippen molar-refractivity contribution in [2.75, 3.05) is 19.8 Å². The SMILES string of the molecule is CC(N[C@@H](CCCCNC(=O)OCC1c2ccccc2-c2ccccc21)C(=O)N[C@@H](Cc1c[nH]c2ccccc12)C(=O)N[C@@H](CC(C)C)C(=O)N[C@@H](CCC(=O)O)C(=O)N[C@@H](CO)C(=O)N[C@@H](C)C(N)=O)=C1C(=O)CC(C)(C)CC1=O. The highest BCUT2D eigenvalue weighted by molar-refractivity contribution is 6.22. The van der Waals surface area contributed by atoms with E-state index in [1.165, 1.54) is 6.92 Å². The van der Waals surface area contributed by atoms with Gasteiger partial charge in [0.25, 0.3) is 0 Å². The number of primary amides is 1. The van der Waals surface area contributed by atoms with Gasteiger partial charge in [-0.2, -0.15) is 0 Å². The van der Waals surface area contributed by atoms with Crippen LogP contribution in [0.5, 0.6) is 0 Å². The third-order valence-corrected chi connectivity index (χ3v) is 14.4. The van der Waals surface area contributed by atoms with Crippen molar-refractivity contribution in [3.8, 4) is 11.1 Å². The second-order valence-electron chi connectivity index (χ2n) is 22.0. The third kappa shape index (κ3) is 16.8. The standard InChI is InChI=1S/C59H75N9O13/c1-32(2)25-45(55(77)65-44(22-23-50(72)73)54(76)68-47(30-69)57(79)64-34(4)52(60)74)66-56(78)46(26-35-29-62-42-20-12-11-15-36(35)42)67-53(75)43(63-33(3)51-48(70)27-59(5,6)28-49(51)71)21-13-14-24-61-58(80)81-31-41-39-18-9-7-16-37(39)38-17-8-10-19-40(38)41/h7-12,15-20,29,32,34,41,43-47,62-63,69H,13-14,21-28,30-31H2,1-6H3,(H2,60,74)(H,61,80)(H,64,79)(H,65,77)(H,66,78)(H,67,75)(H,68,76)(H,72,73)/t34-,43-,44-,45-,46-,47-/m0/s1. The number of rotatable bonds is 28. The quantitative estimate of drug-likeness (QED) is 0.0221. The Bertz CT molecular complexity index is 2970. The summed E-state index contributed by atoms with van der Waals surface area (Å²) in [5.74, 6) is -7.84. The summed E-state index contributed by atoms with van der Waals surface area (Å²) in [7, 11) is 0. The molecule has 0 spiro atoms. The smallest absolute Gasteiger partial charge is 0.407 e. The molecule has 434 valence electrons. The summed E-state index contributed by atoms with van der Waals surface area (Å²) in [6.45, 7) is 9.36. The number of nitrogens with two attached hydrogens (primary N) is 1. The van der Waals surface area contributed by atoms with Crippen LogP contribution in [0.25, 0.3) is 22.0 Å². The molecule has 0 unspecified atom stereocenters. The van der Waals surface area contributed by atoms with Crippen LogP contribution in [0.2, 0.25) is 0 Å². The van der Waals surface area contributed by atoms with Gasteiger partial charge in [-0.25, -0.2) is 4.79 Å². The van der Waals surface area contributed by atoms with Gasteiger partial charge in [-0.05, 0) is 91.2 Å². The number of hydrogen-bond acceptors (Lipinski definition) is 13. The number of hydrogen-bond donors (Lipinski definition) is 11. The van der Waals surface area contributed by atoms with E-state index in [2.05, 4.69) is 42.2 Å². The molecule has 2 aliphatic rings. The number of ether oxygens (including phenoxy) is 1. The van der Waals surface area contributed by atoms with Crippen molar-refractivity contribution in [2.24, 2.45) is 17.1 Å². The van der Waals surface area contributed by atoms with Gasteiger partial charge in [0.2, 0.25) is 35.4 Å². The fourth-order valence-electron chi connectivity index (χ4n) is 10.2. The van der Waals surface area contributed by atoms with Gasteiger partial charge in [-0.15, -0.1) is 0 Å². The first-order valence-electron chi connectivity index (χ1n) is 27.3. The molecule has 0 aliphatic heterocycles. The third-order valence-electron chi connectivity index (χ3n) is 14.4. The fourth-order valence-corrected chi connectivity index (χ4v) is 10.2. The molecule has 1 fully saturated rings. The van der Waals surface area contributed by atoms with Crippen LogP contribution < -0.4 is 43.0 Å². The maximum Gasteiger partial charge on any atom is 0.407 e. The van der Waals surface area contributed by atoms with Crippen LogP contribution in [0.1, 0.15) is 116 Å². The number of alkyl carbamates (subject to hydrolysis) is 1. The van der Waals surface area contributed by atoms with Crippen molar-refractivity contribution in [1.82, 2.24) is 42.2 Å². The first kappa shape index (κ1) is 61.8. The Kier molecular flexibility index (Phi) is 21.5. The Hall–Kier alpha value is -8.40. The molecule has 0 radical (unpaired) electrons. The molecule has 7 amide bonds. The van der Waals surface area contributed by atoms with E-state index >= 15 is 0 Å². The van der Waals surface area contributed by atoms with Gasteiger partial charge in [0.15, 0.2) is 11.6 Å². The molecule has 4 aromatic rings. The Morgan fingerprint density at radius 3 is 1.83 bits per heavy atom. The maximum atomic E-state index is 14.8. The molecule has 0 saturated heterocycles. The number of carboxylic acids is 1. The summed E-state index contributed by atoms with van der Waals surface area (Å²) in [6, 6.07) is 14.9. The summed E-state index contributed by atoms with van der Waals surface area (Å²) in [5.41, 5.74) is 10.5. The highest BCUT2D eigenvalue weighted by atomic mass is 16.5. The number of benzene rings is 3. The first-order valence-corrected chi connectivity index (χ1v) is 27.3. The lowest BCUT2D eigenvalue weighted by atomic mass is 9.73. The van der Waals surface area contributed by atoms with Crippen LogP contribution in [0.3, 0.4) is 0 Å². The number of aromatic amines is 1. The average molecular weight is 1120 g/mol. The van der Waals surface area contributed by atoms with Crippen LogP contribution in [-0.4, -0.2) is 130 Å². The summed E-state index contributed by atoms with van der Waals surface area (Å²) in [6.07, 6.45) is 0.859. The van der Waals surface area contributed by atoms with Gasteiger partial charge in [-0.3, -0.25) is 43.2 Å². The zero-order chi connectivity index (χ0) is 59.1. The predicted octanol–water partition coefficient (Wildman–Crippen LogP) is 3.44. The van der Waals surface area contributed by atoms with Crippen LogP contribution in [0.15, 0.2) is 90.3 Å². The van der Waals surface area contributed by atoms with Crippen LogP contribution in [0.4, 0.5) is 4.79 Å². The summed E-state index contributed by atoms with van der Waals surface area (Å²) >= 11 is 0. The van der Waals surface area contributed by atoms with Gasteiger partial charge in [-0.1, -0.05) is 94.4 Å². The molecule has 3 aromatic carbocycles. The lowest BCUT2D eigenvalue weighted by Crippen LogP contribution is -2.60. The minimum absolute atomic E-state index is 0.00877. The van der Waals surface area contributed by atoms with E-state index in [9.17, 15) is 58.2 Å². The predicted molar refractivity (Wildman–Crippen MR) is 300 cm³/mol. The molecule has 0 bridgehead atoms. The second kappa shape index (κ2) is 28.1. The average Bonchev–Trinajstić information content (AvgIpc) is 3.96. The molecule has 81 heavy (non-hydrogen) atoms. The molecular formula is C59H75N9O13. The number of carbonyl (C=O) groups is 10. The Balaban J connectivity index is 1.20. The molecule has 22 nitrogen and oxygen atoms in total. The van der Waals surface area contributed by atoms with E-state index < -0.39 is 109 Å². The number of para-hydroxylation sites is 1. The number of aliphatic hydroxyl groups is 1. The number of carbonyl (C=O) groups excluding carboxylic acids is 9. The van der Waals surface area contributed by atoms with E-state index in [1.54, 1.807) is 33.0 Å². The highest BCUT2D eigenvalue weighted by Gasteiger charge is 2.39. The minimum atomic E-state index is -1.64. The van der Waals surface area contributed by atoms with Crippen molar-refractivity contribution in [3.63, 3.8) is 0 Å². The van der Waals surface area contributed by atoms with Crippen molar-refractivity contribution in [3.05, 3.63) is 107 Å². The first-order chi connectivity index (χ1) is 38.5. The van der Waals surface area contributed by atoms with Crippen molar-refractivity contribution < 1.29 is 62.9 Å². The van der Waals surface area contributed by atoms with E-state index in [1.807, 2.05) is 80.6 Å². The monoisotopic (exact) mass is 1120 g/mol. The van der Waals surface area contributed by atoms with Gasteiger partial charge in [0, 0.05) is 60.9 Å². The summed E-state index contributed by atoms with van der Waals surface area (Å²) < 4.78 is 5.72. The van der Waals surface area contributed by atoms with Gasteiger partial charge >= 0.3 is 12.1 Å². The van der Waals surface area contributed by atoms with Gasteiger partial charge in [0.05, 0.1) is 12.2 Å². The molecule has 22 heteroatoms. The number of fused-ring (bicyclic) bond motifs is 4. The second-order valence-corrected chi connectivity index (χ2v) is 22.0. The normalized spacial score (nSPS) is 15.9. The number of aliphatic carboxylic acids is 1. The minimum Gasteiger partial charge on any atom is -0.481 e. The Labute approximate surface area is 469 Å². The molecule has 2 aliphatic carbocycles. The molecule has 1 aromatic heterocycles. The van der Waals surface area contributed by atoms with Crippen molar-refractivity contribution in [2.45, 2.75) is 141 Å². The lowest BCUT2D eigenvalue weighted by molar-refractivity contribution is -0.139. The number of aliphatic hydroxyl groups excluding tert-OH is 1. The summed E-state index contributed by atoms with van der Waals surface area (Å²) in [5, 5.41) is 38.8. The molecular weight excluding hydrogens is 1040 g/mol. The zero-order valence-corrected chi connectivity index (χ0v) is 46.6. The van der Waals surface area contributed by atoms with E-state index in [-0.39, 0.29) is 79.9 Å². The maximum absolute atomic E-state index is 14.8. The number of aromatic nitrogens is 1. The molecule has 12 N–H and O–H groups in total. The highest BCUT2D eigenvalue weighted by Crippen LogP contribution is 2.44. The molecule has 6 atom stereocenters. The Morgan fingerprint density at radius 1 is 0.691 bits per heavy atom. The number of H-pyrrole nitrogens is 1. The topological polar surface area (TPSA) is 346 Å². The number of allylic oxidation sites excluding steroid dienone is 2. The number of Topliss-reactive ketones (excluding diaryl/α,β-unsaturated/α-hetero) is 2. The molecule has 6 rings (SSSR count). The van der Waals surface area contributed by atoms with Crippen LogP contribution in [-0.2, 0) is 54.3 Å². The van der Waals surface area contributed by atoms with E-state index in [0.29, 0.717) is 18.4 Å². The Morgan fingerprint density at radius 2 is 1.22 bits per heavy atom. The number of nitrogens with one attached hydrogen (secondary N) is 8. The van der Waals surface area contributed by atoms with Gasteiger partial charge in [0.1, 0.15) is 42.9 Å². The molecule has 1 heterocycles. The molecule has 1 saturated carbocycles. The number of carboxylic acid groups (broad SMARTS) is 1. The largest absolute Gasteiger partial charge is 0.481 e. The summed E-state index contributed by atoms with van der Waals surface area (Å²) in [4.78, 5) is 137.